The van der Waals surface area contributed by atoms with E-state index < -0.39 is 11.7 Å². The summed E-state index contributed by atoms with van der Waals surface area (Å²) in [6.07, 6.45) is -1.91. The predicted molar refractivity (Wildman–Crippen MR) is 47.4 cm³/mol. The first kappa shape index (κ1) is 11.9. The number of halogens is 3. The Hall–Kier alpha value is -0.120. The molecule has 4 heteroatoms. The quantitative estimate of drug-likeness (QED) is 0.491. The van der Waals surface area contributed by atoms with Crippen LogP contribution in [0.5, 0.6) is 0 Å². The third-order valence-electron chi connectivity index (χ3n) is 1.30. The number of thioether (sulfide) groups is 1. The first-order chi connectivity index (χ1) is 5.48. The Balaban J connectivity index is 3.70. The summed E-state index contributed by atoms with van der Waals surface area (Å²) in [4.78, 5) is 0. The molecule has 0 N–H and O–H groups in total. The van der Waals surface area contributed by atoms with Crippen LogP contribution in [0.2, 0.25) is 0 Å². The van der Waals surface area contributed by atoms with Crippen LogP contribution in [0.4, 0.5) is 13.2 Å². The molecule has 0 radical (unpaired) electrons. The minimum Gasteiger partial charge on any atom is -0.167 e. The van der Waals surface area contributed by atoms with E-state index in [-0.39, 0.29) is 0 Å². The van der Waals surface area contributed by atoms with Crippen LogP contribution in [0.25, 0.3) is 0 Å². The number of hydrogen-bond donors (Lipinski definition) is 0. The second kappa shape index (κ2) is 5.51. The molecule has 0 nitrogen and oxygen atoms in total. The second-order valence-corrected chi connectivity index (χ2v) is 3.61. The molecular weight excluding hydrogens is 185 g/mol. The summed E-state index contributed by atoms with van der Waals surface area (Å²) in [5, 5.41) is 0. The van der Waals surface area contributed by atoms with Crippen LogP contribution in [0.3, 0.4) is 0 Å². The van der Waals surface area contributed by atoms with E-state index >= 15 is 0 Å². The molecule has 0 aromatic rings. The van der Waals surface area contributed by atoms with Crippen LogP contribution in [-0.4, -0.2) is 17.7 Å². The monoisotopic (exact) mass is 198 g/mol. The van der Waals surface area contributed by atoms with Crippen molar-refractivity contribution in [1.82, 2.24) is 0 Å². The zero-order valence-corrected chi connectivity index (χ0v) is 8.06. The molecule has 0 aromatic carbocycles. The summed E-state index contributed by atoms with van der Waals surface area (Å²) in [6, 6.07) is 0. The van der Waals surface area contributed by atoms with Gasteiger partial charge in [-0.05, 0) is 19.1 Å². The summed E-state index contributed by atoms with van der Waals surface area (Å²) in [5.41, 5.74) is -0.494. The van der Waals surface area contributed by atoms with Gasteiger partial charge in [0.25, 0.3) is 0 Å². The summed E-state index contributed by atoms with van der Waals surface area (Å²) in [6.45, 7) is 3.11. The second-order valence-electron chi connectivity index (χ2n) is 2.46. The lowest BCUT2D eigenvalue weighted by Gasteiger charge is -2.05. The van der Waals surface area contributed by atoms with Gasteiger partial charge in [0.1, 0.15) is 0 Å². The Morgan fingerprint density at radius 1 is 1.42 bits per heavy atom. The van der Waals surface area contributed by atoms with Crippen LogP contribution >= 0.6 is 11.8 Å². The lowest BCUT2D eigenvalue weighted by Crippen LogP contribution is -2.08. The average Bonchev–Trinajstić information content (AvgIpc) is 1.96. The van der Waals surface area contributed by atoms with Crippen LogP contribution in [0.1, 0.15) is 20.3 Å². The van der Waals surface area contributed by atoms with Crippen molar-refractivity contribution in [3.63, 3.8) is 0 Å². The highest BCUT2D eigenvalue weighted by Gasteiger charge is 2.29. The Kier molecular flexibility index (Phi) is 5.46. The van der Waals surface area contributed by atoms with Gasteiger partial charge in [-0.25, -0.2) is 0 Å². The van der Waals surface area contributed by atoms with Gasteiger partial charge in [-0.3, -0.25) is 0 Å². The van der Waals surface area contributed by atoms with Crippen molar-refractivity contribution in [2.45, 2.75) is 26.4 Å². The lowest BCUT2D eigenvalue weighted by molar-refractivity contribution is -0.0914. The van der Waals surface area contributed by atoms with Gasteiger partial charge in [0.2, 0.25) is 0 Å². The minimum absolute atomic E-state index is 0.458. The molecule has 0 rings (SSSR count). The molecule has 0 aliphatic heterocycles. The summed E-state index contributed by atoms with van der Waals surface area (Å²) in [7, 11) is 0. The Bertz CT molecular complexity index is 149. The maximum atomic E-state index is 11.9. The van der Waals surface area contributed by atoms with Crippen molar-refractivity contribution in [3.05, 3.63) is 11.6 Å². The van der Waals surface area contributed by atoms with Crippen molar-refractivity contribution in [2.75, 3.05) is 11.5 Å². The molecule has 0 unspecified atom stereocenters. The van der Waals surface area contributed by atoms with Crippen molar-refractivity contribution < 1.29 is 13.2 Å². The van der Waals surface area contributed by atoms with Crippen LogP contribution in [0.15, 0.2) is 11.6 Å². The van der Waals surface area contributed by atoms with Crippen molar-refractivity contribution in [3.8, 4) is 0 Å². The number of allylic oxidation sites excluding steroid dienone is 1. The van der Waals surface area contributed by atoms with Crippen molar-refractivity contribution in [2.24, 2.45) is 0 Å². The third kappa shape index (κ3) is 5.52. The summed E-state index contributed by atoms with van der Waals surface area (Å²) >= 11 is 1.52. The molecule has 0 aliphatic carbocycles. The molecule has 0 saturated carbocycles. The largest absolute Gasteiger partial charge is 0.412 e. The van der Waals surface area contributed by atoms with Crippen molar-refractivity contribution >= 4 is 11.8 Å². The van der Waals surface area contributed by atoms with Gasteiger partial charge < -0.3 is 0 Å². The molecule has 0 atom stereocenters. The van der Waals surface area contributed by atoms with E-state index in [2.05, 4.69) is 0 Å². The van der Waals surface area contributed by atoms with Crippen LogP contribution in [0, 0.1) is 0 Å². The molecule has 0 bridgehead atoms. The summed E-state index contributed by atoms with van der Waals surface area (Å²) < 4.78 is 35.6. The van der Waals surface area contributed by atoms with Crippen LogP contribution < -0.4 is 0 Å². The molecule has 0 aromatic heterocycles. The minimum atomic E-state index is -4.15. The maximum Gasteiger partial charge on any atom is 0.412 e. The lowest BCUT2D eigenvalue weighted by atomic mass is 10.3. The van der Waals surface area contributed by atoms with E-state index in [0.717, 1.165) is 19.1 Å². The van der Waals surface area contributed by atoms with Gasteiger partial charge in [-0.15, -0.1) is 0 Å². The van der Waals surface area contributed by atoms with E-state index in [1.54, 1.807) is 0 Å². The van der Waals surface area contributed by atoms with E-state index in [0.29, 0.717) is 5.75 Å². The van der Waals surface area contributed by atoms with E-state index in [4.69, 9.17) is 0 Å². The number of rotatable bonds is 4. The average molecular weight is 198 g/mol. The highest BCUT2D eigenvalue weighted by atomic mass is 32.2. The number of alkyl halides is 3. The fourth-order valence-corrected chi connectivity index (χ4v) is 1.35. The van der Waals surface area contributed by atoms with Gasteiger partial charge in [0, 0.05) is 11.3 Å². The highest BCUT2D eigenvalue weighted by Crippen LogP contribution is 2.25. The van der Waals surface area contributed by atoms with E-state index in [1.807, 2.05) is 6.92 Å². The predicted octanol–water partition coefficient (Wildman–Crippen LogP) is 3.64. The third-order valence-corrected chi connectivity index (χ3v) is 2.40. The van der Waals surface area contributed by atoms with Gasteiger partial charge in [0.15, 0.2) is 0 Å². The maximum absolute atomic E-state index is 11.9. The van der Waals surface area contributed by atoms with Gasteiger partial charge in [-0.1, -0.05) is 13.0 Å². The molecule has 0 fully saturated rings. The Morgan fingerprint density at radius 3 is 2.42 bits per heavy atom. The molecule has 0 heterocycles. The van der Waals surface area contributed by atoms with Gasteiger partial charge in [0.05, 0.1) is 0 Å². The van der Waals surface area contributed by atoms with Crippen LogP contribution in [-0.2, 0) is 0 Å². The van der Waals surface area contributed by atoms with Gasteiger partial charge in [-0.2, -0.15) is 24.9 Å². The SMILES string of the molecule is CCCSCC=C(C)C(F)(F)F. The first-order valence-corrected chi connectivity index (χ1v) is 4.95. The fourth-order valence-electron chi connectivity index (χ4n) is 0.527. The molecule has 0 amide bonds. The van der Waals surface area contributed by atoms with E-state index in [9.17, 15) is 13.2 Å². The molecule has 0 aliphatic rings. The van der Waals surface area contributed by atoms with Gasteiger partial charge >= 0.3 is 6.18 Å². The smallest absolute Gasteiger partial charge is 0.167 e. The zero-order chi connectivity index (χ0) is 9.61. The summed E-state index contributed by atoms with van der Waals surface area (Å²) in [5.74, 6) is 1.38. The standard InChI is InChI=1S/C8H13F3S/c1-3-5-12-6-4-7(2)8(9,10)11/h4H,3,5-6H2,1-2H3. The molecular formula is C8H13F3S. The zero-order valence-electron chi connectivity index (χ0n) is 7.24. The highest BCUT2D eigenvalue weighted by molar-refractivity contribution is 7.99. The Labute approximate surface area is 75.2 Å². The van der Waals surface area contributed by atoms with E-state index in [1.165, 1.54) is 17.8 Å². The molecule has 0 saturated heterocycles. The normalized spacial score (nSPS) is 13.6. The topological polar surface area (TPSA) is 0 Å². The Morgan fingerprint density at radius 2 is 2.00 bits per heavy atom. The number of hydrogen-bond acceptors (Lipinski definition) is 1. The fraction of sp³-hybridized carbons (Fsp3) is 0.750. The molecule has 72 valence electrons. The first-order valence-electron chi connectivity index (χ1n) is 3.80. The van der Waals surface area contributed by atoms with Crippen molar-refractivity contribution in [1.29, 1.82) is 0 Å². The molecule has 12 heavy (non-hydrogen) atoms. The molecule has 0 spiro atoms.